The highest BCUT2D eigenvalue weighted by molar-refractivity contribution is 7.98. The van der Waals surface area contributed by atoms with Crippen molar-refractivity contribution in [1.29, 1.82) is 0 Å². The maximum atomic E-state index is 11.1. The fourth-order valence-corrected chi connectivity index (χ4v) is 2.12. The van der Waals surface area contributed by atoms with Crippen molar-refractivity contribution >= 4 is 17.7 Å². The van der Waals surface area contributed by atoms with E-state index in [0.717, 1.165) is 17.1 Å². The summed E-state index contributed by atoms with van der Waals surface area (Å²) < 4.78 is 5.39. The molecule has 0 aliphatic rings. The summed E-state index contributed by atoms with van der Waals surface area (Å²) >= 11 is 1.65. The minimum absolute atomic E-state index is 0.480. The van der Waals surface area contributed by atoms with E-state index in [0.29, 0.717) is 19.6 Å². The van der Waals surface area contributed by atoms with E-state index in [1.54, 1.807) is 17.8 Å². The number of benzene rings is 1. The quantitative estimate of drug-likeness (QED) is 0.650. The molecule has 0 bridgehead atoms. The second-order valence-corrected chi connectivity index (χ2v) is 5.28. The van der Waals surface area contributed by atoms with Gasteiger partial charge in [-0.25, -0.2) is 0 Å². The van der Waals surface area contributed by atoms with E-state index >= 15 is 0 Å². The largest absolute Gasteiger partial charge is 0.490 e. The number of thioether (sulfide) groups is 1. The van der Waals surface area contributed by atoms with Crippen LogP contribution in [0.3, 0.4) is 0 Å². The van der Waals surface area contributed by atoms with Gasteiger partial charge in [0.2, 0.25) is 0 Å². The molecule has 1 atom stereocenters. The summed E-state index contributed by atoms with van der Waals surface area (Å²) in [6, 6.07) is 7.10. The van der Waals surface area contributed by atoms with Crippen molar-refractivity contribution in [3.8, 4) is 5.75 Å². The zero-order chi connectivity index (χ0) is 14.8. The summed E-state index contributed by atoms with van der Waals surface area (Å²) in [6.07, 6.45) is 4.29. The molecule has 1 rings (SSSR count). The van der Waals surface area contributed by atoms with Gasteiger partial charge in [-0.2, -0.15) is 11.8 Å². The number of rotatable bonds is 10. The van der Waals surface area contributed by atoms with Crippen molar-refractivity contribution in [1.82, 2.24) is 5.32 Å². The van der Waals surface area contributed by atoms with Gasteiger partial charge in [-0.05, 0) is 36.1 Å². The number of aliphatic carboxylic acids is 1. The maximum Gasteiger partial charge on any atom is 0.320 e. The highest BCUT2D eigenvalue weighted by Gasteiger charge is 2.15. The minimum Gasteiger partial charge on any atom is -0.490 e. The fourth-order valence-electron chi connectivity index (χ4n) is 1.65. The summed E-state index contributed by atoms with van der Waals surface area (Å²) in [5, 5.41) is 12.2. The summed E-state index contributed by atoms with van der Waals surface area (Å²) in [5.74, 6) is 0.814. The third kappa shape index (κ3) is 6.12. The molecule has 0 spiro atoms. The van der Waals surface area contributed by atoms with E-state index < -0.39 is 12.0 Å². The average Bonchev–Trinajstić information content (AvgIpc) is 2.46. The van der Waals surface area contributed by atoms with Gasteiger partial charge in [0.25, 0.3) is 0 Å². The smallest absolute Gasteiger partial charge is 0.320 e. The Hall–Kier alpha value is -1.46. The monoisotopic (exact) mass is 295 g/mol. The molecule has 0 radical (unpaired) electrons. The molecule has 0 saturated heterocycles. The van der Waals surface area contributed by atoms with Gasteiger partial charge >= 0.3 is 5.97 Å². The van der Waals surface area contributed by atoms with Crippen LogP contribution in [-0.2, 0) is 11.3 Å². The Morgan fingerprint density at radius 2 is 2.20 bits per heavy atom. The fraction of sp³-hybridized carbons (Fsp3) is 0.400. The Morgan fingerprint density at radius 1 is 1.50 bits per heavy atom. The molecule has 4 nitrogen and oxygen atoms in total. The van der Waals surface area contributed by atoms with Crippen molar-refractivity contribution in [2.24, 2.45) is 0 Å². The predicted molar refractivity (Wildman–Crippen MR) is 83.4 cm³/mol. The van der Waals surface area contributed by atoms with Gasteiger partial charge in [0, 0.05) is 6.54 Å². The molecule has 1 aromatic rings. The van der Waals surface area contributed by atoms with E-state index in [-0.39, 0.29) is 0 Å². The van der Waals surface area contributed by atoms with Crippen molar-refractivity contribution < 1.29 is 14.6 Å². The van der Waals surface area contributed by atoms with Crippen molar-refractivity contribution in [2.75, 3.05) is 18.6 Å². The number of hydrogen-bond acceptors (Lipinski definition) is 4. The highest BCUT2D eigenvalue weighted by Crippen LogP contribution is 2.12. The van der Waals surface area contributed by atoms with E-state index in [2.05, 4.69) is 11.9 Å². The van der Waals surface area contributed by atoms with Gasteiger partial charge in [-0.1, -0.05) is 24.8 Å². The molecule has 0 aliphatic heterocycles. The van der Waals surface area contributed by atoms with Crippen LogP contribution in [0.2, 0.25) is 0 Å². The molecular weight excluding hydrogens is 274 g/mol. The van der Waals surface area contributed by atoms with Crippen molar-refractivity contribution in [3.63, 3.8) is 0 Å². The summed E-state index contributed by atoms with van der Waals surface area (Å²) in [5.41, 5.74) is 1.03. The summed E-state index contributed by atoms with van der Waals surface area (Å²) in [6.45, 7) is 4.61. The van der Waals surface area contributed by atoms with Crippen LogP contribution >= 0.6 is 11.8 Å². The van der Waals surface area contributed by atoms with Crippen LogP contribution in [0.5, 0.6) is 5.75 Å². The normalized spacial score (nSPS) is 11.8. The first kappa shape index (κ1) is 16.6. The molecule has 0 heterocycles. The lowest BCUT2D eigenvalue weighted by atomic mass is 10.2. The lowest BCUT2D eigenvalue weighted by molar-refractivity contribution is -0.139. The lowest BCUT2D eigenvalue weighted by Crippen LogP contribution is -2.36. The first-order chi connectivity index (χ1) is 9.67. The molecular formula is C15H21NO3S. The molecule has 20 heavy (non-hydrogen) atoms. The van der Waals surface area contributed by atoms with Gasteiger partial charge in [-0.3, -0.25) is 4.79 Å². The summed E-state index contributed by atoms with van der Waals surface area (Å²) in [7, 11) is 0. The number of carboxylic acids is 1. The molecule has 110 valence electrons. The Balaban J connectivity index is 2.46. The van der Waals surface area contributed by atoms with Crippen LogP contribution in [0.1, 0.15) is 12.0 Å². The summed E-state index contributed by atoms with van der Waals surface area (Å²) in [4.78, 5) is 11.1. The van der Waals surface area contributed by atoms with E-state index in [9.17, 15) is 4.79 Å². The molecule has 1 unspecified atom stereocenters. The van der Waals surface area contributed by atoms with Crippen LogP contribution in [-0.4, -0.2) is 35.7 Å². The molecule has 2 N–H and O–H groups in total. The van der Waals surface area contributed by atoms with Crippen molar-refractivity contribution in [2.45, 2.75) is 19.0 Å². The third-order valence-electron chi connectivity index (χ3n) is 2.75. The molecule has 0 fully saturated rings. The van der Waals surface area contributed by atoms with Gasteiger partial charge in [0.1, 0.15) is 18.4 Å². The maximum absolute atomic E-state index is 11.1. The molecule has 0 aliphatic carbocycles. The molecule has 5 heteroatoms. The topological polar surface area (TPSA) is 58.6 Å². The molecule has 1 aromatic carbocycles. The third-order valence-corrected chi connectivity index (χ3v) is 3.40. The van der Waals surface area contributed by atoms with Crippen LogP contribution in [0.4, 0.5) is 0 Å². The lowest BCUT2D eigenvalue weighted by Gasteiger charge is -2.14. The van der Waals surface area contributed by atoms with E-state index in [4.69, 9.17) is 9.84 Å². The van der Waals surface area contributed by atoms with Crippen molar-refractivity contribution in [3.05, 3.63) is 42.5 Å². The predicted octanol–water partition coefficient (Wildman–Crippen LogP) is 2.55. The van der Waals surface area contributed by atoms with Gasteiger partial charge in [-0.15, -0.1) is 0 Å². The number of hydrogen-bond donors (Lipinski definition) is 2. The van der Waals surface area contributed by atoms with E-state index in [1.807, 2.05) is 30.5 Å². The Kier molecular flexibility index (Phi) is 7.84. The first-order valence-electron chi connectivity index (χ1n) is 6.45. The van der Waals surface area contributed by atoms with Gasteiger partial charge < -0.3 is 15.2 Å². The Bertz CT molecular complexity index is 420. The average molecular weight is 295 g/mol. The number of nitrogens with one attached hydrogen (secondary N) is 1. The highest BCUT2D eigenvalue weighted by atomic mass is 32.2. The van der Waals surface area contributed by atoms with Gasteiger partial charge in [0.05, 0.1) is 0 Å². The number of carbonyl (C=O) groups is 1. The second kappa shape index (κ2) is 9.44. The Morgan fingerprint density at radius 3 is 2.75 bits per heavy atom. The molecule has 0 aromatic heterocycles. The standard InChI is InChI=1S/C15H21NO3S/c1-3-9-19-13-6-4-12(5-7-13)11-16-14(15(17)18)8-10-20-2/h3-7,14,16H,1,8-11H2,2H3,(H,17,18). The van der Waals surface area contributed by atoms with Gasteiger partial charge in [0.15, 0.2) is 0 Å². The molecule has 0 amide bonds. The number of carboxylic acid groups (broad SMARTS) is 1. The number of ether oxygens (including phenoxy) is 1. The van der Waals surface area contributed by atoms with E-state index in [1.165, 1.54) is 0 Å². The van der Waals surface area contributed by atoms with Crippen LogP contribution in [0.25, 0.3) is 0 Å². The van der Waals surface area contributed by atoms with Crippen LogP contribution in [0.15, 0.2) is 36.9 Å². The SMILES string of the molecule is C=CCOc1ccc(CNC(CCSC)C(=O)O)cc1. The van der Waals surface area contributed by atoms with Crippen LogP contribution < -0.4 is 10.1 Å². The van der Waals surface area contributed by atoms with Crippen LogP contribution in [0, 0.1) is 0 Å². The zero-order valence-corrected chi connectivity index (χ0v) is 12.5. The second-order valence-electron chi connectivity index (χ2n) is 4.30. The Labute approximate surface area is 124 Å². The first-order valence-corrected chi connectivity index (χ1v) is 7.84. The molecule has 0 saturated carbocycles. The zero-order valence-electron chi connectivity index (χ0n) is 11.7. The minimum atomic E-state index is -0.801.